The van der Waals surface area contributed by atoms with E-state index in [4.69, 9.17) is 21.0 Å². The van der Waals surface area contributed by atoms with Crippen LogP contribution in [0.5, 0.6) is 5.75 Å². The molecule has 4 rings (SSSR count). The summed E-state index contributed by atoms with van der Waals surface area (Å²) in [4.78, 5) is 12.6. The Balaban J connectivity index is 1.43. The van der Waals surface area contributed by atoms with Crippen LogP contribution in [0.1, 0.15) is 21.5 Å². The van der Waals surface area contributed by atoms with Gasteiger partial charge in [-0.1, -0.05) is 35.9 Å². The minimum Gasteiger partial charge on any atom is -0.489 e. The van der Waals surface area contributed by atoms with Gasteiger partial charge in [0.15, 0.2) is 0 Å². The Morgan fingerprint density at radius 1 is 1.14 bits per heavy atom. The van der Waals surface area contributed by atoms with Crippen LogP contribution in [0.4, 0.5) is 5.69 Å². The molecule has 0 fully saturated rings. The first-order chi connectivity index (χ1) is 13.6. The topological polar surface area (TPSA) is 67.8 Å². The second kappa shape index (κ2) is 8.06. The van der Waals surface area contributed by atoms with Crippen molar-refractivity contribution in [3.8, 4) is 5.75 Å². The van der Waals surface area contributed by atoms with Crippen LogP contribution in [-0.4, -0.2) is 18.0 Å². The highest BCUT2D eigenvalue weighted by atomic mass is 35.5. The molecule has 1 heterocycles. The Hall–Kier alpha value is -2.80. The smallest absolute Gasteiger partial charge is 0.489 e. The van der Waals surface area contributed by atoms with E-state index in [0.29, 0.717) is 40.7 Å². The lowest BCUT2D eigenvalue weighted by Crippen LogP contribution is -2.28. The molecule has 0 bridgehead atoms. The number of ether oxygens (including phenoxy) is 1. The van der Waals surface area contributed by atoms with E-state index in [-0.39, 0.29) is 5.91 Å². The molecule has 3 aromatic carbocycles. The third kappa shape index (κ3) is 4.20. The summed E-state index contributed by atoms with van der Waals surface area (Å²) in [5.41, 5.74) is 3.66. The standard InChI is InChI=1S/C21H17BClNO4/c23-17-7-4-14(5-8-17)12-27-19-3-1-2-15(10-19)21(25)24-18-9-6-16-13-28-22(26)20(16)11-18/h1-11,26H,12-13H2,(H,24,25). The zero-order chi connectivity index (χ0) is 19.5. The lowest BCUT2D eigenvalue weighted by atomic mass is 9.79. The van der Waals surface area contributed by atoms with Gasteiger partial charge in [-0.2, -0.15) is 0 Å². The number of fused-ring (bicyclic) bond motifs is 1. The molecule has 0 spiro atoms. The zero-order valence-electron chi connectivity index (χ0n) is 14.9. The Bertz CT molecular complexity index is 1010. The van der Waals surface area contributed by atoms with Gasteiger partial charge in [-0.25, -0.2) is 0 Å². The van der Waals surface area contributed by atoms with Gasteiger partial charge in [-0.3, -0.25) is 4.79 Å². The quantitative estimate of drug-likeness (QED) is 0.652. The summed E-state index contributed by atoms with van der Waals surface area (Å²) < 4.78 is 10.9. The average molecular weight is 394 g/mol. The molecule has 5 nitrogen and oxygen atoms in total. The summed E-state index contributed by atoms with van der Waals surface area (Å²) in [5, 5.41) is 13.3. The van der Waals surface area contributed by atoms with Crippen molar-refractivity contribution in [3.63, 3.8) is 0 Å². The normalized spacial score (nSPS) is 12.6. The number of nitrogens with one attached hydrogen (secondary N) is 1. The van der Waals surface area contributed by atoms with Crippen LogP contribution >= 0.6 is 11.6 Å². The average Bonchev–Trinajstić information content (AvgIpc) is 3.08. The number of carbonyl (C=O) groups excluding carboxylic acids is 1. The van der Waals surface area contributed by atoms with E-state index in [1.54, 1.807) is 36.4 Å². The summed E-state index contributed by atoms with van der Waals surface area (Å²) >= 11 is 5.88. The van der Waals surface area contributed by atoms with Crippen molar-refractivity contribution in [2.24, 2.45) is 0 Å². The molecule has 140 valence electrons. The molecule has 1 aliphatic heterocycles. The van der Waals surface area contributed by atoms with Gasteiger partial charge >= 0.3 is 7.12 Å². The number of amides is 1. The van der Waals surface area contributed by atoms with Gasteiger partial charge in [0, 0.05) is 16.3 Å². The minimum atomic E-state index is -0.948. The molecule has 28 heavy (non-hydrogen) atoms. The molecule has 0 saturated carbocycles. The van der Waals surface area contributed by atoms with Crippen molar-refractivity contribution in [1.82, 2.24) is 0 Å². The van der Waals surface area contributed by atoms with Gasteiger partial charge < -0.3 is 19.7 Å². The van der Waals surface area contributed by atoms with Crippen LogP contribution in [0, 0.1) is 0 Å². The summed E-state index contributed by atoms with van der Waals surface area (Å²) in [7, 11) is -0.948. The number of hydrogen-bond acceptors (Lipinski definition) is 4. The number of benzene rings is 3. The zero-order valence-corrected chi connectivity index (χ0v) is 15.6. The summed E-state index contributed by atoms with van der Waals surface area (Å²) in [5.74, 6) is 0.339. The highest BCUT2D eigenvalue weighted by Gasteiger charge is 2.27. The van der Waals surface area contributed by atoms with Crippen LogP contribution in [0.2, 0.25) is 5.02 Å². The van der Waals surface area contributed by atoms with E-state index >= 15 is 0 Å². The molecule has 7 heteroatoms. The summed E-state index contributed by atoms with van der Waals surface area (Å²) in [6, 6.07) is 19.7. The first-order valence-corrected chi connectivity index (χ1v) is 9.17. The number of halogens is 1. The molecule has 1 amide bonds. The van der Waals surface area contributed by atoms with Crippen molar-refractivity contribution in [2.75, 3.05) is 5.32 Å². The fourth-order valence-corrected chi connectivity index (χ4v) is 3.10. The fraction of sp³-hybridized carbons (Fsp3) is 0.0952. The second-order valence-corrected chi connectivity index (χ2v) is 6.91. The van der Waals surface area contributed by atoms with Crippen molar-refractivity contribution in [1.29, 1.82) is 0 Å². The van der Waals surface area contributed by atoms with Crippen molar-refractivity contribution in [2.45, 2.75) is 13.2 Å². The van der Waals surface area contributed by atoms with E-state index in [1.165, 1.54) is 0 Å². The highest BCUT2D eigenvalue weighted by Crippen LogP contribution is 2.19. The van der Waals surface area contributed by atoms with Crippen LogP contribution in [0.3, 0.4) is 0 Å². The van der Waals surface area contributed by atoms with Crippen LogP contribution in [-0.2, 0) is 17.9 Å². The SMILES string of the molecule is O=C(Nc1ccc2c(c1)B(O)OC2)c1cccc(OCc2ccc(Cl)cc2)c1. The first-order valence-electron chi connectivity index (χ1n) is 8.80. The largest absolute Gasteiger partial charge is 0.491 e. The molecular weight excluding hydrogens is 376 g/mol. The Kier molecular flexibility index (Phi) is 5.35. The predicted octanol–water partition coefficient (Wildman–Crippen LogP) is 3.39. The summed E-state index contributed by atoms with van der Waals surface area (Å²) in [6.45, 7) is 0.753. The number of rotatable bonds is 5. The maximum atomic E-state index is 12.6. The predicted molar refractivity (Wildman–Crippen MR) is 109 cm³/mol. The van der Waals surface area contributed by atoms with E-state index < -0.39 is 7.12 Å². The maximum Gasteiger partial charge on any atom is 0.491 e. The monoisotopic (exact) mass is 393 g/mol. The third-order valence-electron chi connectivity index (χ3n) is 4.48. The van der Waals surface area contributed by atoms with Crippen LogP contribution in [0.15, 0.2) is 66.7 Å². The fourth-order valence-electron chi connectivity index (χ4n) is 2.97. The van der Waals surface area contributed by atoms with Crippen molar-refractivity contribution < 1.29 is 19.2 Å². The number of carbonyl (C=O) groups is 1. The van der Waals surface area contributed by atoms with Gasteiger partial charge in [0.05, 0.1) is 6.61 Å². The van der Waals surface area contributed by atoms with Crippen LogP contribution < -0.4 is 15.5 Å². The second-order valence-electron chi connectivity index (χ2n) is 6.47. The molecule has 0 aromatic heterocycles. The molecule has 2 N–H and O–H groups in total. The van der Waals surface area contributed by atoms with Gasteiger partial charge in [0.2, 0.25) is 0 Å². The number of anilines is 1. The molecule has 0 radical (unpaired) electrons. The molecular formula is C21H17BClNO4. The highest BCUT2D eigenvalue weighted by molar-refractivity contribution is 6.61. The van der Waals surface area contributed by atoms with E-state index in [2.05, 4.69) is 5.32 Å². The number of hydrogen-bond donors (Lipinski definition) is 2. The molecule has 0 aliphatic carbocycles. The lowest BCUT2D eigenvalue weighted by Gasteiger charge is -2.10. The Labute approximate surface area is 168 Å². The summed E-state index contributed by atoms with van der Waals surface area (Å²) in [6.07, 6.45) is 0. The lowest BCUT2D eigenvalue weighted by molar-refractivity contribution is 0.102. The van der Waals surface area contributed by atoms with Crippen LogP contribution in [0.25, 0.3) is 0 Å². The van der Waals surface area contributed by atoms with Gasteiger partial charge in [0.25, 0.3) is 5.91 Å². The van der Waals surface area contributed by atoms with Crippen molar-refractivity contribution >= 4 is 35.8 Å². The van der Waals surface area contributed by atoms with E-state index in [0.717, 1.165) is 11.1 Å². The third-order valence-corrected chi connectivity index (χ3v) is 4.73. The molecule has 0 saturated heterocycles. The minimum absolute atomic E-state index is 0.259. The van der Waals surface area contributed by atoms with Gasteiger partial charge in [-0.05, 0) is 59.1 Å². The molecule has 3 aromatic rings. The maximum absolute atomic E-state index is 12.6. The molecule has 0 atom stereocenters. The first kappa shape index (κ1) is 18.6. The Morgan fingerprint density at radius 2 is 1.96 bits per heavy atom. The van der Waals surface area contributed by atoms with E-state index in [1.807, 2.05) is 30.3 Å². The molecule has 1 aliphatic rings. The Morgan fingerprint density at radius 3 is 2.79 bits per heavy atom. The van der Waals surface area contributed by atoms with Gasteiger partial charge in [-0.15, -0.1) is 0 Å². The van der Waals surface area contributed by atoms with Crippen molar-refractivity contribution in [3.05, 3.63) is 88.4 Å². The van der Waals surface area contributed by atoms with Gasteiger partial charge in [0.1, 0.15) is 12.4 Å². The van der Waals surface area contributed by atoms with E-state index in [9.17, 15) is 9.82 Å². The molecule has 0 unspecified atom stereocenters.